The normalized spacial score (nSPS) is 21.2. The van der Waals surface area contributed by atoms with Crippen molar-refractivity contribution in [2.24, 2.45) is 11.8 Å². The molecule has 11 heavy (non-hydrogen) atoms. The van der Waals surface area contributed by atoms with E-state index in [0.717, 1.165) is 25.4 Å². The Balaban J connectivity index is 2.31. The van der Waals surface area contributed by atoms with Crippen LogP contribution < -0.4 is 0 Å². The third kappa shape index (κ3) is 1.73. The van der Waals surface area contributed by atoms with Crippen molar-refractivity contribution < 1.29 is 4.79 Å². The van der Waals surface area contributed by atoms with E-state index in [-0.39, 0.29) is 5.92 Å². The van der Waals surface area contributed by atoms with Gasteiger partial charge in [0.2, 0.25) is 5.91 Å². The molecule has 0 saturated carbocycles. The number of amides is 1. The quantitative estimate of drug-likeness (QED) is 0.592. The molecule has 0 aromatic heterocycles. The molecule has 2 heteroatoms. The summed E-state index contributed by atoms with van der Waals surface area (Å²) in [6, 6.07) is 0. The Labute approximate surface area is 68.6 Å². The number of hydrogen-bond donors (Lipinski definition) is 0. The van der Waals surface area contributed by atoms with E-state index in [1.165, 1.54) is 0 Å². The Morgan fingerprint density at radius 3 is 2.55 bits per heavy atom. The molecule has 0 bridgehead atoms. The van der Waals surface area contributed by atoms with Crippen molar-refractivity contribution in [3.63, 3.8) is 0 Å². The van der Waals surface area contributed by atoms with Crippen molar-refractivity contribution in [3.8, 4) is 0 Å². The highest BCUT2D eigenvalue weighted by molar-refractivity contribution is 5.79. The summed E-state index contributed by atoms with van der Waals surface area (Å²) in [5.41, 5.74) is 0. The Morgan fingerprint density at radius 1 is 1.64 bits per heavy atom. The minimum absolute atomic E-state index is 0.225. The van der Waals surface area contributed by atoms with Crippen LogP contribution in [-0.2, 0) is 4.79 Å². The molecule has 1 amide bonds. The van der Waals surface area contributed by atoms with E-state index in [0.29, 0.717) is 5.91 Å². The number of carbonyl (C=O) groups is 1. The number of rotatable bonds is 2. The summed E-state index contributed by atoms with van der Waals surface area (Å²) in [5.74, 6) is 1.29. The second-order valence-corrected chi connectivity index (χ2v) is 3.66. The monoisotopic (exact) mass is 155 g/mol. The molecule has 0 radical (unpaired) electrons. The van der Waals surface area contributed by atoms with Gasteiger partial charge in [0.1, 0.15) is 0 Å². The summed E-state index contributed by atoms with van der Waals surface area (Å²) in [5, 5.41) is 0. The Kier molecular flexibility index (Phi) is 2.53. The van der Waals surface area contributed by atoms with Gasteiger partial charge in [-0.3, -0.25) is 4.79 Å². The van der Waals surface area contributed by atoms with Crippen LogP contribution in [0.15, 0.2) is 0 Å². The third-order valence-electron chi connectivity index (χ3n) is 2.41. The lowest BCUT2D eigenvalue weighted by Crippen LogP contribution is -2.50. The fourth-order valence-electron chi connectivity index (χ4n) is 1.37. The van der Waals surface area contributed by atoms with Gasteiger partial charge in [-0.15, -0.1) is 0 Å². The second kappa shape index (κ2) is 3.24. The van der Waals surface area contributed by atoms with Gasteiger partial charge in [-0.1, -0.05) is 20.8 Å². The standard InChI is InChI=1S/C9H17NO/c1-4-8(3)9(11)10-5-7(2)6-10/h7-8H,4-6H2,1-3H3. The molecule has 1 saturated heterocycles. The molecule has 2 nitrogen and oxygen atoms in total. The Bertz CT molecular complexity index is 150. The van der Waals surface area contributed by atoms with Crippen LogP contribution in [0.5, 0.6) is 0 Å². The first-order valence-electron chi connectivity index (χ1n) is 4.44. The number of hydrogen-bond acceptors (Lipinski definition) is 1. The van der Waals surface area contributed by atoms with Gasteiger partial charge in [0.05, 0.1) is 0 Å². The van der Waals surface area contributed by atoms with Gasteiger partial charge in [-0.2, -0.15) is 0 Å². The van der Waals surface area contributed by atoms with E-state index >= 15 is 0 Å². The minimum Gasteiger partial charge on any atom is -0.342 e. The number of carbonyl (C=O) groups excluding carboxylic acids is 1. The summed E-state index contributed by atoms with van der Waals surface area (Å²) in [7, 11) is 0. The molecule has 0 spiro atoms. The fraction of sp³-hybridized carbons (Fsp3) is 0.889. The van der Waals surface area contributed by atoms with E-state index < -0.39 is 0 Å². The van der Waals surface area contributed by atoms with Crippen molar-refractivity contribution in [2.75, 3.05) is 13.1 Å². The van der Waals surface area contributed by atoms with Gasteiger partial charge in [0.25, 0.3) is 0 Å². The summed E-state index contributed by atoms with van der Waals surface area (Å²) >= 11 is 0. The average molecular weight is 155 g/mol. The van der Waals surface area contributed by atoms with Gasteiger partial charge >= 0.3 is 0 Å². The maximum atomic E-state index is 11.4. The molecule has 1 unspecified atom stereocenters. The first kappa shape index (κ1) is 8.57. The van der Waals surface area contributed by atoms with Crippen LogP contribution in [0.25, 0.3) is 0 Å². The van der Waals surface area contributed by atoms with E-state index in [2.05, 4.69) is 13.8 Å². The van der Waals surface area contributed by atoms with E-state index in [9.17, 15) is 4.79 Å². The van der Waals surface area contributed by atoms with Crippen LogP contribution in [0.1, 0.15) is 27.2 Å². The highest BCUT2D eigenvalue weighted by Crippen LogP contribution is 2.18. The molecule has 1 rings (SSSR count). The first-order valence-corrected chi connectivity index (χ1v) is 4.44. The maximum absolute atomic E-state index is 11.4. The van der Waals surface area contributed by atoms with E-state index in [1.807, 2.05) is 11.8 Å². The predicted octanol–water partition coefficient (Wildman–Crippen LogP) is 1.51. The highest BCUT2D eigenvalue weighted by atomic mass is 16.2. The van der Waals surface area contributed by atoms with Gasteiger partial charge in [-0.05, 0) is 12.3 Å². The fourth-order valence-corrected chi connectivity index (χ4v) is 1.37. The molecule has 0 N–H and O–H groups in total. The third-order valence-corrected chi connectivity index (χ3v) is 2.41. The molecular formula is C9H17NO. The summed E-state index contributed by atoms with van der Waals surface area (Å²) in [6.07, 6.45) is 0.962. The van der Waals surface area contributed by atoms with Crippen LogP contribution >= 0.6 is 0 Å². The Morgan fingerprint density at radius 2 is 2.18 bits per heavy atom. The topological polar surface area (TPSA) is 20.3 Å². The molecule has 1 heterocycles. The smallest absolute Gasteiger partial charge is 0.225 e. The Hall–Kier alpha value is -0.530. The minimum atomic E-state index is 0.225. The van der Waals surface area contributed by atoms with Crippen LogP contribution in [0.4, 0.5) is 0 Å². The number of nitrogens with zero attached hydrogens (tertiary/aromatic N) is 1. The van der Waals surface area contributed by atoms with E-state index in [1.54, 1.807) is 0 Å². The SMILES string of the molecule is CCC(C)C(=O)N1CC(C)C1. The first-order chi connectivity index (χ1) is 5.15. The lowest BCUT2D eigenvalue weighted by molar-refractivity contribution is -0.141. The largest absolute Gasteiger partial charge is 0.342 e. The second-order valence-electron chi connectivity index (χ2n) is 3.66. The van der Waals surface area contributed by atoms with Crippen molar-refractivity contribution in [1.82, 2.24) is 4.90 Å². The molecular weight excluding hydrogens is 138 g/mol. The molecule has 1 aliphatic heterocycles. The van der Waals surface area contributed by atoms with Gasteiger partial charge in [-0.25, -0.2) is 0 Å². The van der Waals surface area contributed by atoms with Crippen molar-refractivity contribution in [1.29, 1.82) is 0 Å². The lowest BCUT2D eigenvalue weighted by atomic mass is 9.99. The van der Waals surface area contributed by atoms with Crippen molar-refractivity contribution >= 4 is 5.91 Å². The van der Waals surface area contributed by atoms with Crippen molar-refractivity contribution in [3.05, 3.63) is 0 Å². The van der Waals surface area contributed by atoms with Crippen LogP contribution in [0.2, 0.25) is 0 Å². The molecule has 1 aliphatic rings. The summed E-state index contributed by atoms with van der Waals surface area (Å²) in [4.78, 5) is 13.4. The molecule has 0 aliphatic carbocycles. The van der Waals surface area contributed by atoms with Crippen LogP contribution in [0.3, 0.4) is 0 Å². The van der Waals surface area contributed by atoms with Gasteiger partial charge in [0, 0.05) is 19.0 Å². The zero-order valence-electron chi connectivity index (χ0n) is 7.63. The van der Waals surface area contributed by atoms with Crippen LogP contribution in [0, 0.1) is 11.8 Å². The summed E-state index contributed by atoms with van der Waals surface area (Å²) in [6.45, 7) is 8.20. The number of likely N-dealkylation sites (tertiary alicyclic amines) is 1. The lowest BCUT2D eigenvalue weighted by Gasteiger charge is -2.38. The van der Waals surface area contributed by atoms with Gasteiger partial charge in [0.15, 0.2) is 0 Å². The summed E-state index contributed by atoms with van der Waals surface area (Å²) < 4.78 is 0. The molecule has 1 atom stereocenters. The van der Waals surface area contributed by atoms with E-state index in [4.69, 9.17) is 0 Å². The molecule has 1 fully saturated rings. The maximum Gasteiger partial charge on any atom is 0.225 e. The van der Waals surface area contributed by atoms with Crippen molar-refractivity contribution in [2.45, 2.75) is 27.2 Å². The predicted molar refractivity (Wildman–Crippen MR) is 45.2 cm³/mol. The molecule has 0 aromatic carbocycles. The molecule has 0 aromatic rings. The zero-order valence-corrected chi connectivity index (χ0v) is 7.63. The highest BCUT2D eigenvalue weighted by Gasteiger charge is 2.28. The zero-order chi connectivity index (χ0) is 8.43. The van der Waals surface area contributed by atoms with Crippen LogP contribution in [-0.4, -0.2) is 23.9 Å². The average Bonchev–Trinajstić information content (AvgIpc) is 1.96. The van der Waals surface area contributed by atoms with Gasteiger partial charge < -0.3 is 4.90 Å². The molecule has 64 valence electrons.